The van der Waals surface area contributed by atoms with Crippen molar-refractivity contribution in [1.82, 2.24) is 0 Å². The number of carbonyl (C=O) groups is 1. The third-order valence-corrected chi connectivity index (χ3v) is 9.49. The lowest BCUT2D eigenvalue weighted by molar-refractivity contribution is -0.114. The van der Waals surface area contributed by atoms with E-state index in [0.29, 0.717) is 5.69 Å². The lowest BCUT2D eigenvalue weighted by Crippen LogP contribution is -2.38. The Kier molecular flexibility index (Phi) is 8.51. The molecule has 4 aromatic carbocycles. The fourth-order valence-corrected chi connectivity index (χ4v) is 6.33. The van der Waals surface area contributed by atoms with Crippen LogP contribution in [0.3, 0.4) is 0 Å². The van der Waals surface area contributed by atoms with Gasteiger partial charge in [-0.2, -0.15) is 0 Å². The summed E-state index contributed by atoms with van der Waals surface area (Å²) in [7, 11) is -8.01. The number of anilines is 3. The van der Waals surface area contributed by atoms with E-state index in [9.17, 15) is 21.6 Å². The van der Waals surface area contributed by atoms with Gasteiger partial charge in [0.05, 0.1) is 25.5 Å². The standard InChI is InChI=1S/C27H23Cl2N3O5S2/c1-19-7-12-24(13-8-19)39(36,37)32(22-11-16-25(28)26(29)17-22)18-27(33)30-20-9-14-23(15-10-20)38(34,35)31-21-5-3-2-4-6-21/h2-17,31H,18H2,1H3,(H,30,33). The maximum atomic E-state index is 13.5. The normalized spacial score (nSPS) is 11.6. The molecule has 39 heavy (non-hydrogen) atoms. The quantitative estimate of drug-likeness (QED) is 0.246. The first-order chi connectivity index (χ1) is 18.5. The number of hydrogen-bond acceptors (Lipinski definition) is 5. The summed E-state index contributed by atoms with van der Waals surface area (Å²) in [5.74, 6) is -0.658. The van der Waals surface area contributed by atoms with E-state index in [4.69, 9.17) is 23.2 Å². The molecule has 4 rings (SSSR count). The Morgan fingerprint density at radius 2 is 1.36 bits per heavy atom. The molecule has 8 nitrogen and oxygen atoms in total. The van der Waals surface area contributed by atoms with Crippen LogP contribution in [0.4, 0.5) is 17.1 Å². The SMILES string of the molecule is Cc1ccc(S(=O)(=O)N(CC(=O)Nc2ccc(S(=O)(=O)Nc3ccccc3)cc2)c2ccc(Cl)c(Cl)c2)cc1. The lowest BCUT2D eigenvalue weighted by Gasteiger charge is -2.24. The molecule has 0 aliphatic rings. The van der Waals surface area contributed by atoms with Crippen molar-refractivity contribution in [2.45, 2.75) is 16.7 Å². The van der Waals surface area contributed by atoms with Gasteiger partial charge < -0.3 is 5.32 Å². The number of hydrogen-bond donors (Lipinski definition) is 2. The molecular formula is C27H23Cl2N3O5S2. The molecule has 0 atom stereocenters. The van der Waals surface area contributed by atoms with Crippen LogP contribution in [0.15, 0.2) is 107 Å². The van der Waals surface area contributed by atoms with E-state index in [1.807, 2.05) is 6.92 Å². The number of nitrogens with zero attached hydrogens (tertiary/aromatic N) is 1. The highest BCUT2D eigenvalue weighted by atomic mass is 35.5. The van der Waals surface area contributed by atoms with Crippen molar-refractivity contribution >= 4 is 66.2 Å². The van der Waals surface area contributed by atoms with E-state index in [1.165, 1.54) is 54.6 Å². The number of rotatable bonds is 9. The molecule has 202 valence electrons. The fourth-order valence-electron chi connectivity index (χ4n) is 3.56. The number of halogens is 2. The molecule has 0 radical (unpaired) electrons. The number of nitrogens with one attached hydrogen (secondary N) is 2. The predicted octanol–water partition coefficient (Wildman–Crippen LogP) is 5.94. The molecule has 0 aliphatic carbocycles. The molecule has 1 amide bonds. The van der Waals surface area contributed by atoms with Crippen LogP contribution < -0.4 is 14.3 Å². The van der Waals surface area contributed by atoms with Crippen molar-refractivity contribution < 1.29 is 21.6 Å². The third-order valence-electron chi connectivity index (χ3n) is 5.56. The predicted molar refractivity (Wildman–Crippen MR) is 154 cm³/mol. The molecule has 0 unspecified atom stereocenters. The minimum absolute atomic E-state index is 0.00699. The highest BCUT2D eigenvalue weighted by Crippen LogP contribution is 2.30. The Hall–Kier alpha value is -3.57. The Morgan fingerprint density at radius 3 is 1.97 bits per heavy atom. The monoisotopic (exact) mass is 603 g/mol. The maximum Gasteiger partial charge on any atom is 0.264 e. The topological polar surface area (TPSA) is 113 Å². The smallest absolute Gasteiger partial charge is 0.264 e. The van der Waals surface area contributed by atoms with Crippen LogP contribution in [0.2, 0.25) is 10.0 Å². The molecule has 12 heteroatoms. The summed E-state index contributed by atoms with van der Waals surface area (Å²) in [5, 5.41) is 2.97. The van der Waals surface area contributed by atoms with Crippen LogP contribution in [-0.2, 0) is 24.8 Å². The van der Waals surface area contributed by atoms with E-state index >= 15 is 0 Å². The second kappa shape index (κ2) is 11.7. The van der Waals surface area contributed by atoms with E-state index in [2.05, 4.69) is 10.0 Å². The van der Waals surface area contributed by atoms with Crippen molar-refractivity contribution in [3.05, 3.63) is 113 Å². The minimum Gasteiger partial charge on any atom is -0.325 e. The molecule has 0 bridgehead atoms. The maximum absolute atomic E-state index is 13.5. The highest BCUT2D eigenvalue weighted by Gasteiger charge is 2.28. The average molecular weight is 605 g/mol. The molecule has 0 spiro atoms. The number of benzene rings is 4. The molecule has 0 saturated carbocycles. The first-order valence-electron chi connectivity index (χ1n) is 11.5. The van der Waals surface area contributed by atoms with Gasteiger partial charge in [0, 0.05) is 11.4 Å². The van der Waals surface area contributed by atoms with Gasteiger partial charge in [-0.25, -0.2) is 16.8 Å². The van der Waals surface area contributed by atoms with Crippen LogP contribution >= 0.6 is 23.2 Å². The van der Waals surface area contributed by atoms with Gasteiger partial charge in [0.2, 0.25) is 5.91 Å². The van der Waals surface area contributed by atoms with Gasteiger partial charge in [0.1, 0.15) is 6.54 Å². The molecule has 0 saturated heterocycles. The summed E-state index contributed by atoms with van der Waals surface area (Å²) >= 11 is 12.1. The van der Waals surface area contributed by atoms with Crippen molar-refractivity contribution in [3.8, 4) is 0 Å². The Morgan fingerprint density at radius 1 is 0.744 bits per heavy atom. The van der Waals surface area contributed by atoms with Crippen molar-refractivity contribution in [3.63, 3.8) is 0 Å². The van der Waals surface area contributed by atoms with Gasteiger partial charge in [-0.3, -0.25) is 13.8 Å². The number of para-hydroxylation sites is 1. The zero-order valence-corrected chi connectivity index (χ0v) is 23.7. The van der Waals surface area contributed by atoms with E-state index in [1.54, 1.807) is 42.5 Å². The zero-order chi connectivity index (χ0) is 28.2. The Labute approximate surface area is 237 Å². The van der Waals surface area contributed by atoms with Gasteiger partial charge in [-0.15, -0.1) is 0 Å². The summed E-state index contributed by atoms with van der Waals surface area (Å²) in [6.07, 6.45) is 0. The summed E-state index contributed by atoms with van der Waals surface area (Å²) in [4.78, 5) is 13.0. The zero-order valence-electron chi connectivity index (χ0n) is 20.5. The van der Waals surface area contributed by atoms with Crippen LogP contribution in [-0.4, -0.2) is 29.3 Å². The van der Waals surface area contributed by atoms with Crippen LogP contribution in [0.25, 0.3) is 0 Å². The molecule has 0 heterocycles. The minimum atomic E-state index is -4.16. The van der Waals surface area contributed by atoms with Gasteiger partial charge in [-0.05, 0) is 73.7 Å². The number of sulfonamides is 2. The van der Waals surface area contributed by atoms with Crippen LogP contribution in [0.1, 0.15) is 5.56 Å². The molecular weight excluding hydrogens is 581 g/mol. The van der Waals surface area contributed by atoms with Gasteiger partial charge in [0.25, 0.3) is 20.0 Å². The summed E-state index contributed by atoms with van der Waals surface area (Å²) < 4.78 is 55.8. The molecule has 0 aliphatic heterocycles. The van der Waals surface area contributed by atoms with Crippen LogP contribution in [0, 0.1) is 6.92 Å². The summed E-state index contributed by atoms with van der Waals surface area (Å²) in [6.45, 7) is 1.25. The molecule has 2 N–H and O–H groups in total. The van der Waals surface area contributed by atoms with E-state index in [-0.39, 0.29) is 31.2 Å². The number of aryl methyl sites for hydroxylation is 1. The van der Waals surface area contributed by atoms with Crippen LogP contribution in [0.5, 0.6) is 0 Å². The molecule has 4 aromatic rings. The Balaban J connectivity index is 1.55. The van der Waals surface area contributed by atoms with Crippen molar-refractivity contribution in [1.29, 1.82) is 0 Å². The number of amides is 1. The second-order valence-electron chi connectivity index (χ2n) is 8.47. The first-order valence-corrected chi connectivity index (χ1v) is 15.2. The van der Waals surface area contributed by atoms with Gasteiger partial charge in [-0.1, -0.05) is 59.1 Å². The summed E-state index contributed by atoms with van der Waals surface area (Å²) in [5.41, 5.74) is 1.71. The average Bonchev–Trinajstić information content (AvgIpc) is 2.90. The fraction of sp³-hybridized carbons (Fsp3) is 0.0741. The largest absolute Gasteiger partial charge is 0.325 e. The van der Waals surface area contributed by atoms with Gasteiger partial charge in [0.15, 0.2) is 0 Å². The van der Waals surface area contributed by atoms with Crippen molar-refractivity contribution in [2.24, 2.45) is 0 Å². The first kappa shape index (κ1) is 28.4. The summed E-state index contributed by atoms with van der Waals surface area (Å²) in [6, 6.07) is 24.4. The Bertz CT molecular complexity index is 1700. The highest BCUT2D eigenvalue weighted by molar-refractivity contribution is 7.93. The lowest BCUT2D eigenvalue weighted by atomic mass is 10.2. The van der Waals surface area contributed by atoms with E-state index < -0.39 is 32.5 Å². The third kappa shape index (κ3) is 6.90. The second-order valence-corrected chi connectivity index (χ2v) is 12.8. The number of carbonyl (C=O) groups excluding carboxylic acids is 1. The molecule has 0 aromatic heterocycles. The molecule has 0 fully saturated rings. The van der Waals surface area contributed by atoms with Crippen molar-refractivity contribution in [2.75, 3.05) is 20.9 Å². The van der Waals surface area contributed by atoms with Gasteiger partial charge >= 0.3 is 0 Å². The van der Waals surface area contributed by atoms with E-state index in [0.717, 1.165) is 9.87 Å².